The van der Waals surface area contributed by atoms with Gasteiger partial charge in [0.1, 0.15) is 0 Å². The molecule has 0 bridgehead atoms. The molecule has 100 valence electrons. The Kier molecular flexibility index (Phi) is 3.86. The van der Waals surface area contributed by atoms with Crippen molar-refractivity contribution in [2.75, 3.05) is 7.11 Å². The minimum Gasteiger partial charge on any atom is -0.461 e. The summed E-state index contributed by atoms with van der Waals surface area (Å²) in [5.41, 5.74) is 1.46. The number of benzene rings is 1. The van der Waals surface area contributed by atoms with E-state index in [9.17, 15) is 9.70 Å². The van der Waals surface area contributed by atoms with Gasteiger partial charge in [0.25, 0.3) is 0 Å². The Morgan fingerprint density at radius 2 is 2.15 bits per heavy atom. The largest absolute Gasteiger partial charge is 0.461 e. The molecule has 0 spiro atoms. The number of nitroso groups, excluding NO2 is 1. The van der Waals surface area contributed by atoms with Crippen LogP contribution in [0.3, 0.4) is 0 Å². The molecule has 0 aliphatic heterocycles. The molecule has 1 aromatic heterocycles. The highest BCUT2D eigenvalue weighted by atomic mass is 16.5. The van der Waals surface area contributed by atoms with Crippen LogP contribution in [0.4, 0.5) is 5.69 Å². The number of nitriles is 1. The van der Waals surface area contributed by atoms with Crippen LogP contribution in [0.15, 0.2) is 35.6 Å². The summed E-state index contributed by atoms with van der Waals surface area (Å²) in [5.74, 6) is -0.644. The van der Waals surface area contributed by atoms with Crippen molar-refractivity contribution in [3.05, 3.63) is 52.2 Å². The van der Waals surface area contributed by atoms with Crippen LogP contribution in [-0.4, -0.2) is 18.2 Å². The van der Waals surface area contributed by atoms with Gasteiger partial charge in [0.2, 0.25) is 5.69 Å². The van der Waals surface area contributed by atoms with Crippen LogP contribution < -0.4 is 4.68 Å². The number of methoxy groups -OCH3 is 1. The van der Waals surface area contributed by atoms with Gasteiger partial charge >= 0.3 is 11.7 Å². The van der Waals surface area contributed by atoms with Crippen molar-refractivity contribution in [3.8, 4) is 6.07 Å². The molecule has 1 aromatic carbocycles. The van der Waals surface area contributed by atoms with E-state index in [0.717, 1.165) is 5.56 Å². The van der Waals surface area contributed by atoms with E-state index in [-0.39, 0.29) is 11.4 Å². The molecule has 7 nitrogen and oxygen atoms in total. The fourth-order valence-corrected chi connectivity index (χ4v) is 1.78. The summed E-state index contributed by atoms with van der Waals surface area (Å²) in [6.45, 7) is 0.325. The molecule has 20 heavy (non-hydrogen) atoms. The molecule has 0 saturated carbocycles. The molecule has 0 amide bonds. The molecular formula is C13H11N4O3+. The lowest BCUT2D eigenvalue weighted by Crippen LogP contribution is -2.42. The van der Waals surface area contributed by atoms with E-state index in [1.807, 2.05) is 6.07 Å². The first kappa shape index (κ1) is 13.4. The van der Waals surface area contributed by atoms with Gasteiger partial charge in [-0.25, -0.2) is 4.79 Å². The SMILES string of the molecule is COC(=O)c1c(N=O)c[nH][n+]1Cc1ccc(C#N)cc1. The van der Waals surface area contributed by atoms with Crippen molar-refractivity contribution in [2.45, 2.75) is 6.54 Å². The number of hydrogen-bond donors (Lipinski definition) is 1. The van der Waals surface area contributed by atoms with Gasteiger partial charge in [-0.3, -0.25) is 0 Å². The quantitative estimate of drug-likeness (QED) is 0.516. The third kappa shape index (κ3) is 2.54. The first-order chi connectivity index (χ1) is 9.69. The lowest BCUT2D eigenvalue weighted by atomic mass is 10.1. The summed E-state index contributed by atoms with van der Waals surface area (Å²) in [6, 6.07) is 8.91. The van der Waals surface area contributed by atoms with E-state index in [0.29, 0.717) is 12.1 Å². The molecule has 0 atom stereocenters. The second kappa shape index (κ2) is 5.75. The lowest BCUT2D eigenvalue weighted by Gasteiger charge is -1.98. The Hall–Kier alpha value is -3.01. The molecular weight excluding hydrogens is 260 g/mol. The van der Waals surface area contributed by atoms with Gasteiger partial charge in [-0.1, -0.05) is 16.8 Å². The number of esters is 1. The molecule has 0 fully saturated rings. The topological polar surface area (TPSA) is 99.2 Å². The number of aromatic amines is 1. The monoisotopic (exact) mass is 271 g/mol. The van der Waals surface area contributed by atoms with Crippen LogP contribution in [0.5, 0.6) is 0 Å². The van der Waals surface area contributed by atoms with Crippen molar-refractivity contribution in [3.63, 3.8) is 0 Å². The second-order valence-corrected chi connectivity index (χ2v) is 3.99. The maximum atomic E-state index is 11.7. The van der Waals surface area contributed by atoms with Crippen molar-refractivity contribution in [1.29, 1.82) is 5.26 Å². The van der Waals surface area contributed by atoms with Crippen molar-refractivity contribution in [2.24, 2.45) is 5.18 Å². The number of hydrogen-bond acceptors (Lipinski definition) is 5. The van der Waals surface area contributed by atoms with E-state index >= 15 is 0 Å². The Morgan fingerprint density at radius 3 is 2.70 bits per heavy atom. The highest BCUT2D eigenvalue weighted by molar-refractivity contribution is 5.90. The third-order valence-corrected chi connectivity index (χ3v) is 2.77. The summed E-state index contributed by atoms with van der Waals surface area (Å²) in [4.78, 5) is 22.3. The van der Waals surface area contributed by atoms with Crippen LogP contribution in [-0.2, 0) is 11.3 Å². The fraction of sp³-hybridized carbons (Fsp3) is 0.154. The number of aromatic nitrogens is 2. The molecule has 1 heterocycles. The number of nitrogens with zero attached hydrogens (tertiary/aromatic N) is 3. The molecule has 0 radical (unpaired) electrons. The van der Waals surface area contributed by atoms with E-state index in [1.54, 1.807) is 24.3 Å². The number of H-pyrrole nitrogens is 1. The maximum Gasteiger partial charge on any atom is 0.408 e. The van der Waals surface area contributed by atoms with Gasteiger partial charge in [0.15, 0.2) is 6.54 Å². The van der Waals surface area contributed by atoms with Crippen LogP contribution >= 0.6 is 0 Å². The predicted molar refractivity (Wildman–Crippen MR) is 68.0 cm³/mol. The van der Waals surface area contributed by atoms with Crippen LogP contribution in [0.25, 0.3) is 0 Å². The average molecular weight is 271 g/mol. The van der Waals surface area contributed by atoms with Gasteiger partial charge in [-0.05, 0) is 17.3 Å². The normalized spacial score (nSPS) is 9.80. The Labute approximate surface area is 114 Å². The molecule has 2 aromatic rings. The fourth-order valence-electron chi connectivity index (χ4n) is 1.78. The molecule has 2 rings (SSSR count). The number of rotatable bonds is 4. The predicted octanol–water partition coefficient (Wildman–Crippen LogP) is 1.41. The Balaban J connectivity index is 2.33. The smallest absolute Gasteiger partial charge is 0.408 e. The zero-order valence-corrected chi connectivity index (χ0v) is 10.7. The maximum absolute atomic E-state index is 11.7. The van der Waals surface area contributed by atoms with Crippen molar-refractivity contribution < 1.29 is 14.2 Å². The number of carbonyl (C=O) groups is 1. The number of nitrogens with one attached hydrogen (secondary N) is 1. The highest BCUT2D eigenvalue weighted by Gasteiger charge is 2.29. The standard InChI is InChI=1S/C13H10N4O3/c1-20-13(18)12-11(16-19)7-15-17(12)8-10-4-2-9(6-14)3-5-10/h2-5,7H,8H2,1H3/p+1. The van der Waals surface area contributed by atoms with Crippen LogP contribution in [0, 0.1) is 16.2 Å². The second-order valence-electron chi connectivity index (χ2n) is 3.99. The summed E-state index contributed by atoms with van der Waals surface area (Å²) < 4.78 is 6.09. The van der Waals surface area contributed by atoms with Gasteiger partial charge < -0.3 is 4.74 Å². The van der Waals surface area contributed by atoms with Gasteiger partial charge in [-0.2, -0.15) is 10.4 Å². The Bertz CT molecular complexity index is 683. The summed E-state index contributed by atoms with van der Waals surface area (Å²) in [7, 11) is 1.23. The number of ether oxygens (including phenoxy) is 1. The van der Waals surface area contributed by atoms with Gasteiger partial charge in [-0.15, -0.1) is 4.91 Å². The molecule has 0 aliphatic rings. The van der Waals surface area contributed by atoms with Crippen LogP contribution in [0.1, 0.15) is 21.6 Å². The molecule has 7 heteroatoms. The van der Waals surface area contributed by atoms with Crippen molar-refractivity contribution >= 4 is 11.7 Å². The molecule has 1 N–H and O–H groups in total. The van der Waals surface area contributed by atoms with E-state index in [1.165, 1.54) is 18.0 Å². The highest BCUT2D eigenvalue weighted by Crippen LogP contribution is 2.15. The average Bonchev–Trinajstić information content (AvgIpc) is 2.90. The third-order valence-electron chi connectivity index (χ3n) is 2.77. The van der Waals surface area contributed by atoms with Gasteiger partial charge in [0.05, 0.1) is 24.9 Å². The van der Waals surface area contributed by atoms with Crippen LogP contribution in [0.2, 0.25) is 0 Å². The van der Waals surface area contributed by atoms with Crippen molar-refractivity contribution in [1.82, 2.24) is 5.10 Å². The minimum atomic E-state index is -0.644. The molecule has 0 saturated heterocycles. The zero-order valence-electron chi connectivity index (χ0n) is 10.7. The summed E-state index contributed by atoms with van der Waals surface area (Å²) in [5, 5.41) is 14.3. The Morgan fingerprint density at radius 1 is 1.45 bits per heavy atom. The van der Waals surface area contributed by atoms with E-state index in [4.69, 9.17) is 5.26 Å². The van der Waals surface area contributed by atoms with Gasteiger partial charge in [0, 0.05) is 5.56 Å². The summed E-state index contributed by atoms with van der Waals surface area (Å²) >= 11 is 0. The zero-order chi connectivity index (χ0) is 14.5. The first-order valence-electron chi connectivity index (χ1n) is 5.71. The van der Waals surface area contributed by atoms with E-state index < -0.39 is 5.97 Å². The number of carbonyl (C=O) groups excluding carboxylic acids is 1. The minimum absolute atomic E-state index is 0.00880. The molecule has 0 aliphatic carbocycles. The molecule has 0 unspecified atom stereocenters. The lowest BCUT2D eigenvalue weighted by molar-refractivity contribution is -0.744. The first-order valence-corrected chi connectivity index (χ1v) is 5.71. The van der Waals surface area contributed by atoms with E-state index in [2.05, 4.69) is 15.0 Å². The summed E-state index contributed by atoms with van der Waals surface area (Å²) in [6.07, 6.45) is 1.34.